The molecule has 0 radical (unpaired) electrons. The first kappa shape index (κ1) is 13.9. The van der Waals surface area contributed by atoms with Gasteiger partial charge in [-0.1, -0.05) is 5.21 Å². The number of hydrogen-bond acceptors (Lipinski definition) is 5. The molecule has 1 saturated heterocycles. The van der Waals surface area contributed by atoms with Gasteiger partial charge in [0.1, 0.15) is 5.69 Å². The van der Waals surface area contributed by atoms with Gasteiger partial charge in [-0.15, -0.1) is 5.10 Å². The van der Waals surface area contributed by atoms with Crippen molar-refractivity contribution >= 4 is 0 Å². The van der Waals surface area contributed by atoms with Gasteiger partial charge < -0.3 is 14.8 Å². The molecule has 112 valence electrons. The third-order valence-corrected chi connectivity index (χ3v) is 3.79. The van der Waals surface area contributed by atoms with Gasteiger partial charge in [0, 0.05) is 11.6 Å². The van der Waals surface area contributed by atoms with Gasteiger partial charge in [0.25, 0.3) is 0 Å². The van der Waals surface area contributed by atoms with E-state index in [4.69, 9.17) is 9.47 Å². The standard InChI is InChI=1S/C15H20N4O2/c1-20-14-6-5-11(8-15(14)21-2)13-10-19(18-17-13)9-12-4-3-7-16-12/h5-6,8,10,12,16H,3-4,7,9H2,1-2H3. The number of nitrogens with one attached hydrogen (secondary N) is 1. The predicted octanol–water partition coefficient (Wildman–Crippen LogP) is 1.71. The normalized spacial score (nSPS) is 17.9. The fraction of sp³-hybridized carbons (Fsp3) is 0.467. The van der Waals surface area contributed by atoms with Gasteiger partial charge in [0.15, 0.2) is 11.5 Å². The van der Waals surface area contributed by atoms with Crippen LogP contribution in [0.1, 0.15) is 12.8 Å². The molecule has 0 bridgehead atoms. The molecule has 2 heterocycles. The second-order valence-corrected chi connectivity index (χ2v) is 5.19. The van der Waals surface area contributed by atoms with Crippen molar-refractivity contribution in [3.63, 3.8) is 0 Å². The van der Waals surface area contributed by atoms with E-state index in [1.807, 2.05) is 29.1 Å². The average molecular weight is 288 g/mol. The summed E-state index contributed by atoms with van der Waals surface area (Å²) in [6, 6.07) is 6.26. The third kappa shape index (κ3) is 3.00. The Morgan fingerprint density at radius 1 is 1.29 bits per heavy atom. The Morgan fingerprint density at radius 2 is 2.14 bits per heavy atom. The van der Waals surface area contributed by atoms with Gasteiger partial charge in [-0.3, -0.25) is 4.68 Å². The summed E-state index contributed by atoms with van der Waals surface area (Å²) < 4.78 is 12.5. The number of aromatic nitrogens is 3. The van der Waals surface area contributed by atoms with Crippen LogP contribution in [-0.2, 0) is 6.54 Å². The molecule has 0 saturated carbocycles. The molecular weight excluding hydrogens is 268 g/mol. The molecule has 0 spiro atoms. The molecule has 1 aliphatic heterocycles. The third-order valence-electron chi connectivity index (χ3n) is 3.79. The lowest BCUT2D eigenvalue weighted by molar-refractivity contribution is 0.355. The predicted molar refractivity (Wildman–Crippen MR) is 79.6 cm³/mol. The Kier molecular flexibility index (Phi) is 4.06. The van der Waals surface area contributed by atoms with Crippen molar-refractivity contribution in [3.8, 4) is 22.8 Å². The summed E-state index contributed by atoms with van der Waals surface area (Å²) in [7, 11) is 3.26. The highest BCUT2D eigenvalue weighted by atomic mass is 16.5. The maximum atomic E-state index is 5.32. The van der Waals surface area contributed by atoms with Gasteiger partial charge in [0.2, 0.25) is 0 Å². The van der Waals surface area contributed by atoms with Crippen LogP contribution in [-0.4, -0.2) is 41.8 Å². The SMILES string of the molecule is COc1ccc(-c2cn(CC3CCCN3)nn2)cc1OC. The lowest BCUT2D eigenvalue weighted by atomic mass is 10.1. The monoisotopic (exact) mass is 288 g/mol. The minimum atomic E-state index is 0.505. The number of benzene rings is 1. The van der Waals surface area contributed by atoms with Crippen LogP contribution in [0.5, 0.6) is 11.5 Å². The van der Waals surface area contributed by atoms with Crippen LogP contribution in [0.15, 0.2) is 24.4 Å². The van der Waals surface area contributed by atoms with E-state index < -0.39 is 0 Å². The first-order chi connectivity index (χ1) is 10.3. The van der Waals surface area contributed by atoms with E-state index in [0.717, 1.165) is 24.3 Å². The largest absolute Gasteiger partial charge is 0.493 e. The molecule has 1 aromatic carbocycles. The summed E-state index contributed by atoms with van der Waals surface area (Å²) in [4.78, 5) is 0. The Bertz CT molecular complexity index is 605. The number of rotatable bonds is 5. The summed E-state index contributed by atoms with van der Waals surface area (Å²) in [5, 5.41) is 11.9. The smallest absolute Gasteiger partial charge is 0.161 e. The Balaban J connectivity index is 1.78. The maximum Gasteiger partial charge on any atom is 0.161 e. The minimum absolute atomic E-state index is 0.505. The lowest BCUT2D eigenvalue weighted by Gasteiger charge is -2.09. The highest BCUT2D eigenvalue weighted by Gasteiger charge is 2.16. The zero-order chi connectivity index (χ0) is 14.7. The Labute approximate surface area is 124 Å². The summed E-state index contributed by atoms with van der Waals surface area (Å²) in [5.41, 5.74) is 1.81. The van der Waals surface area contributed by atoms with Crippen molar-refractivity contribution in [1.29, 1.82) is 0 Å². The van der Waals surface area contributed by atoms with Crippen molar-refractivity contribution in [2.75, 3.05) is 20.8 Å². The number of hydrogen-bond donors (Lipinski definition) is 1. The van der Waals surface area contributed by atoms with Crippen molar-refractivity contribution in [3.05, 3.63) is 24.4 Å². The molecule has 6 heteroatoms. The average Bonchev–Trinajstić information content (AvgIpc) is 3.19. The first-order valence-electron chi connectivity index (χ1n) is 7.16. The molecule has 0 amide bonds. The minimum Gasteiger partial charge on any atom is -0.493 e. The Morgan fingerprint density at radius 3 is 2.86 bits per heavy atom. The van der Waals surface area contributed by atoms with Crippen LogP contribution in [0.3, 0.4) is 0 Å². The number of ether oxygens (including phenoxy) is 2. The van der Waals surface area contributed by atoms with Crippen molar-refractivity contribution in [2.24, 2.45) is 0 Å². The highest BCUT2D eigenvalue weighted by molar-refractivity contribution is 5.63. The van der Waals surface area contributed by atoms with E-state index >= 15 is 0 Å². The second-order valence-electron chi connectivity index (χ2n) is 5.19. The summed E-state index contributed by atoms with van der Waals surface area (Å²) in [5.74, 6) is 1.41. The first-order valence-corrected chi connectivity index (χ1v) is 7.16. The highest BCUT2D eigenvalue weighted by Crippen LogP contribution is 2.31. The molecule has 1 aromatic heterocycles. The van der Waals surface area contributed by atoms with Crippen molar-refractivity contribution in [1.82, 2.24) is 20.3 Å². The van der Waals surface area contributed by atoms with Crippen molar-refractivity contribution < 1.29 is 9.47 Å². The number of nitrogens with zero attached hydrogens (tertiary/aromatic N) is 3. The lowest BCUT2D eigenvalue weighted by Crippen LogP contribution is -2.26. The van der Waals surface area contributed by atoms with E-state index in [-0.39, 0.29) is 0 Å². The van der Waals surface area contributed by atoms with Crippen LogP contribution >= 0.6 is 0 Å². The molecule has 1 aliphatic rings. The summed E-state index contributed by atoms with van der Waals surface area (Å²) in [6.07, 6.45) is 4.41. The van der Waals surface area contributed by atoms with Gasteiger partial charge in [-0.2, -0.15) is 0 Å². The van der Waals surface area contributed by atoms with Gasteiger partial charge in [0.05, 0.1) is 27.0 Å². The molecule has 21 heavy (non-hydrogen) atoms. The van der Waals surface area contributed by atoms with Crippen LogP contribution in [0.25, 0.3) is 11.3 Å². The molecular formula is C15H20N4O2. The van der Waals surface area contributed by atoms with Crippen LogP contribution in [0.4, 0.5) is 0 Å². The molecule has 1 N–H and O–H groups in total. The zero-order valence-electron chi connectivity index (χ0n) is 12.4. The molecule has 0 aliphatic carbocycles. The van der Waals surface area contributed by atoms with E-state index in [1.54, 1.807) is 14.2 Å². The summed E-state index contributed by atoms with van der Waals surface area (Å²) >= 11 is 0. The zero-order valence-corrected chi connectivity index (χ0v) is 12.4. The van der Waals surface area contributed by atoms with Gasteiger partial charge in [-0.05, 0) is 37.6 Å². The molecule has 2 aromatic rings. The Hall–Kier alpha value is -2.08. The fourth-order valence-corrected chi connectivity index (χ4v) is 2.65. The summed E-state index contributed by atoms with van der Waals surface area (Å²) in [6.45, 7) is 1.96. The van der Waals surface area contributed by atoms with Crippen molar-refractivity contribution in [2.45, 2.75) is 25.4 Å². The maximum absolute atomic E-state index is 5.32. The van der Waals surface area contributed by atoms with E-state index in [9.17, 15) is 0 Å². The van der Waals surface area contributed by atoms with Crippen LogP contribution in [0.2, 0.25) is 0 Å². The quantitative estimate of drug-likeness (QED) is 0.907. The molecule has 1 atom stereocenters. The molecule has 6 nitrogen and oxygen atoms in total. The second kappa shape index (κ2) is 6.13. The fourth-order valence-electron chi connectivity index (χ4n) is 2.65. The topological polar surface area (TPSA) is 61.2 Å². The van der Waals surface area contributed by atoms with Crippen LogP contribution in [0, 0.1) is 0 Å². The van der Waals surface area contributed by atoms with E-state index in [2.05, 4.69) is 15.6 Å². The van der Waals surface area contributed by atoms with E-state index in [0.29, 0.717) is 17.5 Å². The van der Waals surface area contributed by atoms with Crippen LogP contribution < -0.4 is 14.8 Å². The molecule has 3 rings (SSSR count). The number of methoxy groups -OCH3 is 2. The van der Waals surface area contributed by atoms with E-state index in [1.165, 1.54) is 12.8 Å². The van der Waals surface area contributed by atoms with Gasteiger partial charge in [-0.25, -0.2) is 0 Å². The van der Waals surface area contributed by atoms with Gasteiger partial charge >= 0.3 is 0 Å². The molecule has 1 fully saturated rings. The molecule has 1 unspecified atom stereocenters.